The number of hydrogen-bond acceptors (Lipinski definition) is 10. The highest BCUT2D eigenvalue weighted by atomic mass is 16.3. The number of carbonyl (C=O) groups excluding carboxylic acids is 1. The molecule has 0 heterocycles. The summed E-state index contributed by atoms with van der Waals surface area (Å²) in [6.07, 6.45) is 4.51. The van der Waals surface area contributed by atoms with Crippen LogP contribution < -0.4 is 33.2 Å². The van der Waals surface area contributed by atoms with Gasteiger partial charge in [0.1, 0.15) is 27.0 Å². The summed E-state index contributed by atoms with van der Waals surface area (Å²) in [5.74, 6) is -0.222. The first kappa shape index (κ1) is 29.8. The van der Waals surface area contributed by atoms with E-state index in [0.717, 1.165) is 0 Å². The van der Waals surface area contributed by atoms with Gasteiger partial charge < -0.3 is 42.6 Å². The molecular formula is C10H20N12O4. The van der Waals surface area contributed by atoms with Gasteiger partial charge in [0.15, 0.2) is 12.4 Å². The second-order valence-corrected chi connectivity index (χ2v) is 2.78. The summed E-state index contributed by atoms with van der Waals surface area (Å²) in [5, 5.41) is 54.5. The van der Waals surface area contributed by atoms with Crippen molar-refractivity contribution in [2.75, 3.05) is 20.2 Å². The summed E-state index contributed by atoms with van der Waals surface area (Å²) >= 11 is 0. The van der Waals surface area contributed by atoms with Gasteiger partial charge in [-0.3, -0.25) is 10.6 Å². The Morgan fingerprint density at radius 2 is 1.46 bits per heavy atom. The Morgan fingerprint density at radius 1 is 0.962 bits per heavy atom. The van der Waals surface area contributed by atoms with Gasteiger partial charge in [-0.2, -0.15) is 15.8 Å². The number of aliphatic imine (C=N–C) groups is 3. The largest absolute Gasteiger partial charge is 0.376 e. The molecule has 0 aliphatic rings. The number of nitrogens with zero attached hydrogens (tertiary/aromatic N) is 6. The van der Waals surface area contributed by atoms with Crippen LogP contribution in [-0.2, 0) is 4.79 Å². The summed E-state index contributed by atoms with van der Waals surface area (Å²) in [5.41, 5.74) is 14.4. The van der Waals surface area contributed by atoms with Gasteiger partial charge >= 0.3 is 0 Å². The predicted molar refractivity (Wildman–Crippen MR) is 89.5 cm³/mol. The van der Waals surface area contributed by atoms with Crippen LogP contribution in [0.3, 0.4) is 0 Å². The maximum Gasteiger partial charge on any atom is 0.209 e. The Bertz CT molecular complexity index is 538. The molecule has 0 aromatic rings. The predicted octanol–water partition coefficient (Wildman–Crippen LogP) is -5.22. The van der Waals surface area contributed by atoms with Crippen LogP contribution in [0.4, 0.5) is 0 Å². The molecular weight excluding hydrogens is 352 g/mol. The van der Waals surface area contributed by atoms with Crippen LogP contribution >= 0.6 is 0 Å². The second kappa shape index (κ2) is 28.9. The molecule has 16 heteroatoms. The van der Waals surface area contributed by atoms with Gasteiger partial charge in [0.2, 0.25) is 24.1 Å². The average molecular weight is 372 g/mol. The maximum atomic E-state index is 8.27. The minimum Gasteiger partial charge on any atom is -0.376 e. The molecule has 12 N–H and O–H groups in total. The van der Waals surface area contributed by atoms with Crippen LogP contribution in [0.5, 0.6) is 0 Å². The van der Waals surface area contributed by atoms with Gasteiger partial charge in [-0.25, -0.2) is 9.98 Å². The second-order valence-electron chi connectivity index (χ2n) is 2.78. The fourth-order valence-corrected chi connectivity index (χ4v) is 0.569. The minimum absolute atomic E-state index is 0.0486. The van der Waals surface area contributed by atoms with Crippen LogP contribution in [-0.4, -0.2) is 60.2 Å². The van der Waals surface area contributed by atoms with Crippen LogP contribution in [0.25, 0.3) is 0 Å². The van der Waals surface area contributed by atoms with E-state index in [9.17, 15) is 0 Å². The first-order chi connectivity index (χ1) is 12.4. The molecule has 0 saturated carbocycles. The standard InChI is InChI=1S/C4H8N4O2.C3H6N4O.C2H4N4.CH2O/c5-1-6-4(7-2-9)8-3-10;4-1-6-3(5)7-2-8;3-1-6-2(4)5;1-2/h9-10H,2-3H2,(H2,6,7,8);8H,2H2,(H3,5,6,7);(H4,4,5,6);1H2. The van der Waals surface area contributed by atoms with Gasteiger partial charge in [-0.1, -0.05) is 0 Å². The van der Waals surface area contributed by atoms with Crippen LogP contribution in [0, 0.1) is 34.4 Å². The van der Waals surface area contributed by atoms with E-state index >= 15 is 0 Å². The molecule has 0 spiro atoms. The SMILES string of the molecule is C=O.N#CN=C(N)N.N#CNC(=NCO)NCO.N#CNC(N)=NCO. The zero-order valence-electron chi connectivity index (χ0n) is 13.5. The zero-order valence-corrected chi connectivity index (χ0v) is 13.5. The third-order valence-electron chi connectivity index (χ3n) is 1.25. The molecule has 0 rings (SSSR count). The number of rotatable bonds is 3. The van der Waals surface area contributed by atoms with Gasteiger partial charge in [0.25, 0.3) is 0 Å². The highest BCUT2D eigenvalue weighted by Gasteiger charge is 1.91. The zero-order chi connectivity index (χ0) is 21.2. The molecule has 26 heavy (non-hydrogen) atoms. The van der Waals surface area contributed by atoms with Crippen molar-refractivity contribution >= 4 is 24.7 Å². The molecule has 0 radical (unpaired) electrons. The molecule has 0 aliphatic heterocycles. The van der Waals surface area contributed by atoms with Crippen LogP contribution in [0.2, 0.25) is 0 Å². The number of hydrogen-bond donors (Lipinski definition) is 9. The third-order valence-corrected chi connectivity index (χ3v) is 1.25. The molecule has 0 aromatic heterocycles. The molecule has 0 fully saturated rings. The van der Waals surface area contributed by atoms with E-state index in [-0.39, 0.29) is 24.6 Å². The highest BCUT2D eigenvalue weighted by Crippen LogP contribution is 1.65. The van der Waals surface area contributed by atoms with Gasteiger partial charge in [-0.05, 0) is 0 Å². The third kappa shape index (κ3) is 36.8. The summed E-state index contributed by atoms with van der Waals surface area (Å²) in [4.78, 5) is 17.5. The number of nitriles is 3. The monoisotopic (exact) mass is 372 g/mol. The average Bonchev–Trinajstić information content (AvgIpc) is 2.59. The number of nitrogens with two attached hydrogens (primary N) is 3. The Balaban J connectivity index is -0.000000137. The van der Waals surface area contributed by atoms with Crippen LogP contribution in [0.15, 0.2) is 15.0 Å². The van der Waals surface area contributed by atoms with E-state index in [2.05, 4.69) is 25.6 Å². The lowest BCUT2D eigenvalue weighted by Gasteiger charge is -2.01. The van der Waals surface area contributed by atoms with Crippen molar-refractivity contribution in [3.63, 3.8) is 0 Å². The molecule has 0 aliphatic carbocycles. The summed E-state index contributed by atoms with van der Waals surface area (Å²) in [7, 11) is 0. The van der Waals surface area contributed by atoms with Crippen molar-refractivity contribution in [3.05, 3.63) is 0 Å². The lowest BCUT2D eigenvalue weighted by atomic mass is 10.9. The lowest BCUT2D eigenvalue weighted by molar-refractivity contribution is -0.0980. The summed E-state index contributed by atoms with van der Waals surface area (Å²) in [6.45, 7) is 0.824. The first-order valence-corrected chi connectivity index (χ1v) is 5.90. The maximum absolute atomic E-state index is 8.27. The topological polar surface area (TPSA) is 300 Å². The molecule has 0 atom stereocenters. The smallest absolute Gasteiger partial charge is 0.209 e. The normalized spacial score (nSPS) is 8.62. The molecule has 0 unspecified atom stereocenters. The highest BCUT2D eigenvalue weighted by molar-refractivity contribution is 5.80. The molecule has 0 bridgehead atoms. The fourth-order valence-electron chi connectivity index (χ4n) is 0.569. The van der Waals surface area contributed by atoms with Crippen molar-refractivity contribution in [1.29, 1.82) is 15.8 Å². The molecule has 16 nitrogen and oxygen atoms in total. The Labute approximate surface area is 148 Å². The number of nitrogens with one attached hydrogen (secondary N) is 3. The number of aliphatic hydroxyl groups excluding tert-OH is 3. The summed E-state index contributed by atoms with van der Waals surface area (Å²) < 4.78 is 0. The lowest BCUT2D eigenvalue weighted by Crippen LogP contribution is -2.35. The van der Waals surface area contributed by atoms with Crippen molar-refractivity contribution in [1.82, 2.24) is 16.0 Å². The van der Waals surface area contributed by atoms with Gasteiger partial charge in [0.05, 0.1) is 0 Å². The van der Waals surface area contributed by atoms with E-state index in [1.807, 2.05) is 12.1 Å². The van der Waals surface area contributed by atoms with Crippen LogP contribution in [0.1, 0.15) is 0 Å². The van der Waals surface area contributed by atoms with E-state index in [1.54, 1.807) is 6.19 Å². The van der Waals surface area contributed by atoms with Gasteiger partial charge in [0, 0.05) is 0 Å². The Morgan fingerprint density at radius 3 is 1.73 bits per heavy atom. The van der Waals surface area contributed by atoms with Gasteiger partial charge in [-0.15, -0.1) is 4.99 Å². The fraction of sp³-hybridized carbons (Fsp3) is 0.300. The van der Waals surface area contributed by atoms with E-state index < -0.39 is 13.5 Å². The quantitative estimate of drug-likeness (QED) is 0.0735. The van der Waals surface area contributed by atoms with Crippen molar-refractivity contribution in [2.24, 2.45) is 32.2 Å². The van der Waals surface area contributed by atoms with E-state index in [0.29, 0.717) is 0 Å². The van der Waals surface area contributed by atoms with E-state index in [1.165, 1.54) is 12.4 Å². The molecule has 0 aromatic carbocycles. The van der Waals surface area contributed by atoms with Crippen molar-refractivity contribution in [2.45, 2.75) is 0 Å². The number of carbonyl (C=O) groups is 1. The number of guanidine groups is 3. The van der Waals surface area contributed by atoms with Crippen molar-refractivity contribution < 1.29 is 20.1 Å². The minimum atomic E-state index is -0.434. The molecule has 0 saturated heterocycles. The molecule has 144 valence electrons. The Hall–Kier alpha value is -4.17. The van der Waals surface area contributed by atoms with E-state index in [4.69, 9.17) is 53.1 Å². The Kier molecular flexibility index (Phi) is 33.1. The number of aliphatic hydroxyl groups is 3. The first-order valence-electron chi connectivity index (χ1n) is 5.90. The summed E-state index contributed by atoms with van der Waals surface area (Å²) in [6, 6.07) is 0. The van der Waals surface area contributed by atoms with Crippen molar-refractivity contribution in [3.8, 4) is 18.6 Å². The molecule has 0 amide bonds.